The quantitative estimate of drug-likeness (QED) is 0.337. The average Bonchev–Trinajstić information content (AvgIpc) is 2.93. The van der Waals surface area contributed by atoms with Crippen LogP contribution in [0.2, 0.25) is 5.02 Å². The topological polar surface area (TPSA) is 96.0 Å². The predicted molar refractivity (Wildman–Crippen MR) is 153 cm³/mol. The maximum absolute atomic E-state index is 14.0. The Kier molecular flexibility index (Phi) is 10.4. The van der Waals surface area contributed by atoms with Crippen LogP contribution >= 0.6 is 11.6 Å². The van der Waals surface area contributed by atoms with Crippen molar-refractivity contribution in [2.24, 2.45) is 0 Å². The van der Waals surface area contributed by atoms with Gasteiger partial charge in [-0.1, -0.05) is 48.4 Å². The van der Waals surface area contributed by atoms with Gasteiger partial charge in [-0.25, -0.2) is 8.42 Å². The van der Waals surface area contributed by atoms with E-state index in [0.717, 1.165) is 15.4 Å². The standard InChI is InChI=1S/C29H34ClN3O5S/c1-5-27(29(35)31-6-2)32(19-22-9-11-23(30)12-10-22)28(34)20-33(24-13-15-25(38-4)16-14-24)39(36,37)26-17-7-21(3)8-18-26/h7-18,27H,5-6,19-20H2,1-4H3,(H,31,35)/t27-/m1/s1. The number of amides is 2. The largest absolute Gasteiger partial charge is 0.497 e. The molecular formula is C29H34ClN3O5S. The van der Waals surface area contributed by atoms with Gasteiger partial charge in [-0.05, 0) is 74.4 Å². The fourth-order valence-electron chi connectivity index (χ4n) is 4.11. The summed E-state index contributed by atoms with van der Waals surface area (Å²) < 4.78 is 34.0. The summed E-state index contributed by atoms with van der Waals surface area (Å²) in [6.45, 7) is 5.47. The van der Waals surface area contributed by atoms with E-state index in [2.05, 4.69) is 5.32 Å². The molecule has 0 bridgehead atoms. The van der Waals surface area contributed by atoms with Crippen LogP contribution in [-0.2, 0) is 26.2 Å². The number of nitrogens with one attached hydrogen (secondary N) is 1. The van der Waals surface area contributed by atoms with Crippen LogP contribution in [0.1, 0.15) is 31.4 Å². The zero-order valence-electron chi connectivity index (χ0n) is 22.6. The van der Waals surface area contributed by atoms with Crippen molar-refractivity contribution in [1.82, 2.24) is 10.2 Å². The molecule has 2 amide bonds. The third-order valence-electron chi connectivity index (χ3n) is 6.25. The van der Waals surface area contributed by atoms with Crippen LogP contribution in [0.3, 0.4) is 0 Å². The summed E-state index contributed by atoms with van der Waals surface area (Å²) in [5.41, 5.74) is 1.96. The molecule has 39 heavy (non-hydrogen) atoms. The number of aryl methyl sites for hydroxylation is 1. The Balaban J connectivity index is 2.05. The van der Waals surface area contributed by atoms with Crippen LogP contribution < -0.4 is 14.4 Å². The maximum Gasteiger partial charge on any atom is 0.264 e. The number of carbonyl (C=O) groups is 2. The summed E-state index contributed by atoms with van der Waals surface area (Å²) >= 11 is 6.04. The van der Waals surface area contributed by atoms with Gasteiger partial charge < -0.3 is 15.0 Å². The van der Waals surface area contributed by atoms with E-state index < -0.39 is 28.5 Å². The van der Waals surface area contributed by atoms with Gasteiger partial charge in [0.05, 0.1) is 17.7 Å². The van der Waals surface area contributed by atoms with E-state index in [-0.39, 0.29) is 17.3 Å². The Morgan fingerprint density at radius 1 is 0.949 bits per heavy atom. The molecule has 0 radical (unpaired) electrons. The zero-order valence-corrected chi connectivity index (χ0v) is 24.1. The van der Waals surface area contributed by atoms with Gasteiger partial charge in [0.15, 0.2) is 0 Å². The molecule has 0 aliphatic rings. The minimum absolute atomic E-state index is 0.0525. The lowest BCUT2D eigenvalue weighted by molar-refractivity contribution is -0.140. The van der Waals surface area contributed by atoms with E-state index in [0.29, 0.717) is 29.4 Å². The van der Waals surface area contributed by atoms with Crippen LogP contribution in [-0.4, -0.2) is 51.4 Å². The molecule has 8 nitrogen and oxygen atoms in total. The molecule has 0 heterocycles. The second kappa shape index (κ2) is 13.5. The number of halogens is 1. The van der Waals surface area contributed by atoms with Crippen molar-refractivity contribution in [2.45, 2.75) is 44.7 Å². The SMILES string of the molecule is CCNC(=O)[C@@H](CC)N(Cc1ccc(Cl)cc1)C(=O)CN(c1ccc(OC)cc1)S(=O)(=O)c1ccc(C)cc1. The Labute approximate surface area is 235 Å². The van der Waals surface area contributed by atoms with Crippen molar-refractivity contribution >= 4 is 39.1 Å². The van der Waals surface area contributed by atoms with E-state index in [9.17, 15) is 18.0 Å². The highest BCUT2D eigenvalue weighted by Gasteiger charge is 2.33. The van der Waals surface area contributed by atoms with Gasteiger partial charge in [0.1, 0.15) is 18.3 Å². The number of sulfonamides is 1. The number of rotatable bonds is 12. The third-order valence-corrected chi connectivity index (χ3v) is 8.29. The zero-order chi connectivity index (χ0) is 28.6. The fourth-order valence-corrected chi connectivity index (χ4v) is 5.65. The second-order valence-corrected chi connectivity index (χ2v) is 11.3. The highest BCUT2D eigenvalue weighted by molar-refractivity contribution is 7.92. The number of ether oxygens (including phenoxy) is 1. The first kappa shape index (κ1) is 30.0. The summed E-state index contributed by atoms with van der Waals surface area (Å²) in [4.78, 5) is 28.4. The van der Waals surface area contributed by atoms with Gasteiger partial charge in [0.2, 0.25) is 11.8 Å². The molecule has 0 saturated carbocycles. The predicted octanol–water partition coefficient (Wildman–Crippen LogP) is 4.80. The smallest absolute Gasteiger partial charge is 0.264 e. The van der Waals surface area contributed by atoms with Crippen molar-refractivity contribution in [2.75, 3.05) is 24.5 Å². The van der Waals surface area contributed by atoms with E-state index in [1.54, 1.807) is 67.6 Å². The molecule has 3 aromatic carbocycles. The Morgan fingerprint density at radius 2 is 1.56 bits per heavy atom. The fraction of sp³-hybridized carbons (Fsp3) is 0.310. The molecule has 0 fully saturated rings. The molecule has 0 unspecified atom stereocenters. The van der Waals surface area contributed by atoms with E-state index in [1.165, 1.54) is 24.1 Å². The number of carbonyl (C=O) groups excluding carboxylic acids is 2. The van der Waals surface area contributed by atoms with Gasteiger partial charge in [0, 0.05) is 18.1 Å². The van der Waals surface area contributed by atoms with Crippen molar-refractivity contribution in [1.29, 1.82) is 0 Å². The molecule has 1 N–H and O–H groups in total. The number of anilines is 1. The van der Waals surface area contributed by atoms with E-state index >= 15 is 0 Å². The van der Waals surface area contributed by atoms with Crippen LogP contribution in [0.25, 0.3) is 0 Å². The molecule has 10 heteroatoms. The van der Waals surface area contributed by atoms with Crippen LogP contribution in [0.5, 0.6) is 5.75 Å². The van der Waals surface area contributed by atoms with Crippen LogP contribution in [0.4, 0.5) is 5.69 Å². The number of hydrogen-bond acceptors (Lipinski definition) is 5. The van der Waals surface area contributed by atoms with Gasteiger partial charge in [-0.3, -0.25) is 13.9 Å². The number of benzene rings is 3. The van der Waals surface area contributed by atoms with E-state index in [1.807, 2.05) is 13.8 Å². The molecule has 3 aromatic rings. The summed E-state index contributed by atoms with van der Waals surface area (Å²) in [5, 5.41) is 3.33. The highest BCUT2D eigenvalue weighted by atomic mass is 35.5. The Bertz CT molecular complexity index is 1360. The molecule has 1 atom stereocenters. The van der Waals surface area contributed by atoms with Gasteiger partial charge in [-0.2, -0.15) is 0 Å². The molecular weight excluding hydrogens is 538 g/mol. The number of methoxy groups -OCH3 is 1. The molecule has 208 valence electrons. The van der Waals surface area contributed by atoms with Crippen LogP contribution in [0, 0.1) is 6.92 Å². The highest BCUT2D eigenvalue weighted by Crippen LogP contribution is 2.27. The molecule has 0 aromatic heterocycles. The third kappa shape index (κ3) is 7.52. The van der Waals surface area contributed by atoms with Crippen molar-refractivity contribution in [3.05, 3.63) is 88.9 Å². The lowest BCUT2D eigenvalue weighted by atomic mass is 10.1. The molecule has 0 aliphatic carbocycles. The van der Waals surface area contributed by atoms with Crippen molar-refractivity contribution < 1.29 is 22.7 Å². The molecule has 0 saturated heterocycles. The maximum atomic E-state index is 14.0. The molecule has 0 aliphatic heterocycles. The first-order chi connectivity index (χ1) is 18.6. The van der Waals surface area contributed by atoms with Crippen molar-refractivity contribution in [3.8, 4) is 5.75 Å². The minimum atomic E-state index is -4.13. The number of likely N-dealkylation sites (N-methyl/N-ethyl adjacent to an activating group) is 1. The van der Waals surface area contributed by atoms with Gasteiger partial charge in [-0.15, -0.1) is 0 Å². The first-order valence-electron chi connectivity index (χ1n) is 12.7. The minimum Gasteiger partial charge on any atom is -0.497 e. The van der Waals surface area contributed by atoms with E-state index in [4.69, 9.17) is 16.3 Å². The summed E-state index contributed by atoms with van der Waals surface area (Å²) in [5.74, 6) is -0.279. The normalized spacial score (nSPS) is 11.9. The average molecular weight is 572 g/mol. The summed E-state index contributed by atoms with van der Waals surface area (Å²) in [6, 6.07) is 19.0. The lowest BCUT2D eigenvalue weighted by Gasteiger charge is -2.33. The van der Waals surface area contributed by atoms with Crippen molar-refractivity contribution in [3.63, 3.8) is 0 Å². The lowest BCUT2D eigenvalue weighted by Crippen LogP contribution is -2.52. The summed E-state index contributed by atoms with van der Waals surface area (Å²) in [6.07, 6.45) is 0.346. The first-order valence-corrected chi connectivity index (χ1v) is 14.5. The number of hydrogen-bond donors (Lipinski definition) is 1. The van der Waals surface area contributed by atoms with Gasteiger partial charge >= 0.3 is 0 Å². The number of nitrogens with zero attached hydrogens (tertiary/aromatic N) is 2. The van der Waals surface area contributed by atoms with Crippen LogP contribution in [0.15, 0.2) is 77.7 Å². The molecule has 0 spiro atoms. The monoisotopic (exact) mass is 571 g/mol. The Morgan fingerprint density at radius 3 is 2.10 bits per heavy atom. The van der Waals surface area contributed by atoms with Gasteiger partial charge in [0.25, 0.3) is 10.0 Å². The second-order valence-electron chi connectivity index (χ2n) is 8.99. The Hall–Kier alpha value is -3.56. The summed E-state index contributed by atoms with van der Waals surface area (Å²) in [7, 11) is -2.62. The molecule has 3 rings (SSSR count).